The number of thiocarbonyl (C=S) groups is 1. The van der Waals surface area contributed by atoms with Crippen LogP contribution in [0.4, 0.5) is 5.69 Å². The minimum absolute atomic E-state index is 0.212. The monoisotopic (exact) mass is 417 g/mol. The number of hydrogen-bond acceptors (Lipinski definition) is 6. The van der Waals surface area contributed by atoms with Crippen molar-refractivity contribution in [2.24, 2.45) is 0 Å². The number of carboxylic acids is 1. The maximum atomic E-state index is 12.9. The summed E-state index contributed by atoms with van der Waals surface area (Å²) in [5.74, 6) is -0.879. The molecule has 1 amide bonds. The van der Waals surface area contributed by atoms with Crippen molar-refractivity contribution < 1.29 is 19.4 Å². The van der Waals surface area contributed by atoms with Crippen molar-refractivity contribution in [2.75, 3.05) is 17.8 Å². The number of carboxylic acid groups (broad SMARTS) is 1. The summed E-state index contributed by atoms with van der Waals surface area (Å²) < 4.78 is 5.75. The van der Waals surface area contributed by atoms with Crippen molar-refractivity contribution in [2.45, 2.75) is 4.90 Å². The van der Waals surface area contributed by atoms with Gasteiger partial charge in [-0.25, -0.2) is 4.79 Å². The van der Waals surface area contributed by atoms with Crippen LogP contribution in [-0.2, 0) is 9.59 Å². The number of ether oxygens (including phenoxy) is 1. The molecule has 0 atom stereocenters. The standard InChI is InChI=1S/C19H15NO4S3/c1-26-14-7-4-6-13(10-14)20-18(23)16(27-19(20)25)9-12-5-2-3-8-15(12)24-11-17(21)22/h2-10H,11H2,1H3,(H,21,22). The number of amides is 1. The van der Waals surface area contributed by atoms with E-state index >= 15 is 0 Å². The van der Waals surface area contributed by atoms with E-state index in [1.165, 1.54) is 16.7 Å². The average Bonchev–Trinajstić information content (AvgIpc) is 2.94. The predicted molar refractivity (Wildman–Crippen MR) is 113 cm³/mol. The molecule has 1 aliphatic rings. The summed E-state index contributed by atoms with van der Waals surface area (Å²) in [6.07, 6.45) is 3.65. The van der Waals surface area contributed by atoms with Crippen LogP contribution in [0.3, 0.4) is 0 Å². The Morgan fingerprint density at radius 2 is 2.07 bits per heavy atom. The molecule has 0 radical (unpaired) electrons. The summed E-state index contributed by atoms with van der Waals surface area (Å²) in [6.45, 7) is -0.451. The Morgan fingerprint density at radius 1 is 1.30 bits per heavy atom. The van der Waals surface area contributed by atoms with Crippen LogP contribution < -0.4 is 9.64 Å². The summed E-state index contributed by atoms with van der Waals surface area (Å²) >= 11 is 8.20. The van der Waals surface area contributed by atoms with Gasteiger partial charge in [0.05, 0.1) is 10.6 Å². The summed E-state index contributed by atoms with van der Waals surface area (Å²) in [6, 6.07) is 14.6. The molecule has 1 fully saturated rings. The third-order valence-electron chi connectivity index (χ3n) is 3.66. The number of benzene rings is 2. The highest BCUT2D eigenvalue weighted by atomic mass is 32.2. The second-order valence-electron chi connectivity index (χ2n) is 5.44. The van der Waals surface area contributed by atoms with Crippen LogP contribution in [0.25, 0.3) is 6.08 Å². The van der Waals surface area contributed by atoms with Gasteiger partial charge in [0.15, 0.2) is 10.9 Å². The fraction of sp³-hybridized carbons (Fsp3) is 0.105. The molecule has 1 saturated heterocycles. The first kappa shape index (κ1) is 19.5. The van der Waals surface area contributed by atoms with Crippen molar-refractivity contribution >= 4 is 63.7 Å². The van der Waals surface area contributed by atoms with Crippen LogP contribution >= 0.6 is 35.7 Å². The van der Waals surface area contributed by atoms with Crippen molar-refractivity contribution in [1.29, 1.82) is 0 Å². The molecule has 0 bridgehead atoms. The first-order valence-corrected chi connectivity index (χ1v) is 10.3. The van der Waals surface area contributed by atoms with Gasteiger partial charge in [-0.2, -0.15) is 0 Å². The van der Waals surface area contributed by atoms with Crippen LogP contribution in [0.1, 0.15) is 5.56 Å². The zero-order valence-electron chi connectivity index (χ0n) is 14.2. The maximum Gasteiger partial charge on any atom is 0.341 e. The van der Waals surface area contributed by atoms with E-state index < -0.39 is 12.6 Å². The molecular weight excluding hydrogens is 402 g/mol. The van der Waals surface area contributed by atoms with Crippen molar-refractivity contribution in [1.82, 2.24) is 0 Å². The highest BCUT2D eigenvalue weighted by molar-refractivity contribution is 8.27. The lowest BCUT2D eigenvalue weighted by atomic mass is 10.2. The van der Waals surface area contributed by atoms with Gasteiger partial charge in [-0.05, 0) is 36.6 Å². The molecule has 138 valence electrons. The Bertz CT molecular complexity index is 942. The highest BCUT2D eigenvalue weighted by Gasteiger charge is 2.33. The van der Waals surface area contributed by atoms with Gasteiger partial charge in [0.2, 0.25) is 0 Å². The Kier molecular flexibility index (Phi) is 6.20. The van der Waals surface area contributed by atoms with Gasteiger partial charge in [0, 0.05) is 10.5 Å². The summed E-state index contributed by atoms with van der Waals surface area (Å²) in [7, 11) is 0. The number of carbonyl (C=O) groups is 2. The molecule has 1 heterocycles. The second kappa shape index (κ2) is 8.60. The first-order chi connectivity index (χ1) is 13.0. The van der Waals surface area contributed by atoms with Gasteiger partial charge in [-0.1, -0.05) is 48.2 Å². The zero-order chi connectivity index (χ0) is 19.4. The van der Waals surface area contributed by atoms with Crippen LogP contribution in [0.15, 0.2) is 58.3 Å². The van der Waals surface area contributed by atoms with Crippen LogP contribution in [0.5, 0.6) is 5.75 Å². The summed E-state index contributed by atoms with van der Waals surface area (Å²) in [5, 5.41) is 8.81. The second-order valence-corrected chi connectivity index (χ2v) is 7.99. The van der Waals surface area contributed by atoms with Crippen LogP contribution in [-0.4, -0.2) is 34.2 Å². The Labute approximate surface area is 170 Å². The normalized spacial score (nSPS) is 15.4. The first-order valence-electron chi connectivity index (χ1n) is 7.85. The van der Waals surface area contributed by atoms with Crippen molar-refractivity contribution in [3.63, 3.8) is 0 Å². The average molecular weight is 418 g/mol. The number of anilines is 1. The topological polar surface area (TPSA) is 66.8 Å². The molecule has 27 heavy (non-hydrogen) atoms. The zero-order valence-corrected chi connectivity index (χ0v) is 16.7. The SMILES string of the molecule is CSc1cccc(N2C(=O)C(=Cc3ccccc3OCC(=O)O)SC2=S)c1. The molecule has 8 heteroatoms. The van der Waals surface area contributed by atoms with E-state index in [-0.39, 0.29) is 5.91 Å². The summed E-state index contributed by atoms with van der Waals surface area (Å²) in [5.41, 5.74) is 1.35. The number of carbonyl (C=O) groups excluding carboxylic acids is 1. The molecule has 2 aromatic rings. The summed E-state index contributed by atoms with van der Waals surface area (Å²) in [4.78, 5) is 26.7. The highest BCUT2D eigenvalue weighted by Crippen LogP contribution is 2.37. The number of rotatable bonds is 6. The Morgan fingerprint density at radius 3 is 2.81 bits per heavy atom. The molecule has 0 unspecified atom stereocenters. The van der Waals surface area contributed by atoms with E-state index in [2.05, 4.69) is 0 Å². The lowest BCUT2D eigenvalue weighted by molar-refractivity contribution is -0.139. The van der Waals surface area contributed by atoms with Crippen LogP contribution in [0, 0.1) is 0 Å². The lowest BCUT2D eigenvalue weighted by Crippen LogP contribution is -2.27. The number of hydrogen-bond donors (Lipinski definition) is 1. The molecule has 1 N–H and O–H groups in total. The fourth-order valence-electron chi connectivity index (χ4n) is 2.45. The van der Waals surface area contributed by atoms with Crippen molar-refractivity contribution in [3.05, 3.63) is 59.0 Å². The largest absolute Gasteiger partial charge is 0.481 e. The van der Waals surface area contributed by atoms with E-state index in [0.29, 0.717) is 20.5 Å². The van der Waals surface area contributed by atoms with E-state index in [9.17, 15) is 9.59 Å². The molecule has 2 aromatic carbocycles. The third kappa shape index (κ3) is 4.52. The van der Waals surface area contributed by atoms with Crippen molar-refractivity contribution in [3.8, 4) is 5.75 Å². The van der Waals surface area contributed by atoms with Gasteiger partial charge in [0.25, 0.3) is 5.91 Å². The molecule has 0 spiro atoms. The quantitative estimate of drug-likeness (QED) is 0.427. The number of aliphatic carboxylic acids is 1. The molecule has 0 aliphatic carbocycles. The van der Waals surface area contributed by atoms with Gasteiger partial charge < -0.3 is 9.84 Å². The molecule has 3 rings (SSSR count). The lowest BCUT2D eigenvalue weighted by Gasteiger charge is -2.15. The van der Waals surface area contributed by atoms with Gasteiger partial charge in [0.1, 0.15) is 5.75 Å². The predicted octanol–water partition coefficient (Wildman–Crippen LogP) is 4.28. The smallest absolute Gasteiger partial charge is 0.341 e. The number of para-hydroxylation sites is 1. The van der Waals surface area contributed by atoms with E-state index in [1.807, 2.05) is 30.5 Å². The molecule has 1 aliphatic heterocycles. The van der Waals surface area contributed by atoms with Crippen LogP contribution in [0.2, 0.25) is 0 Å². The molecule has 5 nitrogen and oxygen atoms in total. The molecule has 0 aromatic heterocycles. The number of nitrogens with zero attached hydrogens (tertiary/aromatic N) is 1. The Balaban J connectivity index is 1.90. The molecular formula is C19H15NO4S3. The van der Waals surface area contributed by atoms with Gasteiger partial charge in [-0.3, -0.25) is 9.69 Å². The number of thioether (sulfide) groups is 2. The van der Waals surface area contributed by atoms with Gasteiger partial charge >= 0.3 is 5.97 Å². The minimum Gasteiger partial charge on any atom is -0.481 e. The van der Waals surface area contributed by atoms with E-state index in [0.717, 1.165) is 10.6 Å². The van der Waals surface area contributed by atoms with E-state index in [1.54, 1.807) is 42.1 Å². The fourth-order valence-corrected chi connectivity index (χ4v) is 4.19. The third-order valence-corrected chi connectivity index (χ3v) is 5.69. The maximum absolute atomic E-state index is 12.9. The Hall–Kier alpha value is -2.29. The molecule has 0 saturated carbocycles. The minimum atomic E-state index is -1.06. The van der Waals surface area contributed by atoms with E-state index in [4.69, 9.17) is 22.1 Å². The van der Waals surface area contributed by atoms with Gasteiger partial charge in [-0.15, -0.1) is 11.8 Å².